The predicted octanol–water partition coefficient (Wildman–Crippen LogP) is 3.85. The van der Waals surface area contributed by atoms with Crippen LogP contribution in [0, 0.1) is 0 Å². The van der Waals surface area contributed by atoms with Gasteiger partial charge in [-0.2, -0.15) is 0 Å². The van der Waals surface area contributed by atoms with Crippen molar-refractivity contribution in [1.29, 1.82) is 0 Å². The van der Waals surface area contributed by atoms with Crippen LogP contribution < -0.4 is 15.2 Å². The number of fused-ring (bicyclic) bond motifs is 1. The number of halogens is 1. The maximum atomic E-state index is 5.98. The normalized spacial score (nSPS) is 16.9. The Morgan fingerprint density at radius 3 is 2.85 bits per heavy atom. The zero-order valence-electron chi connectivity index (χ0n) is 10.7. The summed E-state index contributed by atoms with van der Waals surface area (Å²) in [5, 5.41) is 0.688. The molecule has 1 aliphatic rings. The van der Waals surface area contributed by atoms with Crippen molar-refractivity contribution in [1.82, 2.24) is 0 Å². The average Bonchev–Trinajstić information content (AvgIpc) is 2.48. The van der Waals surface area contributed by atoms with Gasteiger partial charge in [0, 0.05) is 21.4 Å². The van der Waals surface area contributed by atoms with Crippen LogP contribution in [0.1, 0.15) is 0 Å². The van der Waals surface area contributed by atoms with Crippen molar-refractivity contribution < 1.29 is 9.47 Å². The molecule has 0 fully saturated rings. The summed E-state index contributed by atoms with van der Waals surface area (Å²) in [7, 11) is 0. The lowest BCUT2D eigenvalue weighted by atomic mass is 10.3. The van der Waals surface area contributed by atoms with Gasteiger partial charge in [-0.15, -0.1) is 11.8 Å². The second-order valence-corrected chi connectivity index (χ2v) is 5.99. The second kappa shape index (κ2) is 5.85. The van der Waals surface area contributed by atoms with Crippen molar-refractivity contribution in [3.05, 3.63) is 47.5 Å². The number of thioether (sulfide) groups is 1. The Bertz CT molecular complexity index is 621. The van der Waals surface area contributed by atoms with Gasteiger partial charge in [0.05, 0.1) is 0 Å². The fourth-order valence-electron chi connectivity index (χ4n) is 1.96. The van der Waals surface area contributed by atoms with Gasteiger partial charge in [-0.25, -0.2) is 0 Å². The first-order valence-electron chi connectivity index (χ1n) is 6.28. The topological polar surface area (TPSA) is 44.5 Å². The third-order valence-electron chi connectivity index (χ3n) is 2.97. The molecule has 3 nitrogen and oxygen atoms in total. The Morgan fingerprint density at radius 1 is 1.20 bits per heavy atom. The zero-order chi connectivity index (χ0) is 13.9. The van der Waals surface area contributed by atoms with Crippen LogP contribution in [0.4, 0.5) is 5.69 Å². The third kappa shape index (κ3) is 2.97. The van der Waals surface area contributed by atoms with E-state index in [-0.39, 0.29) is 6.10 Å². The van der Waals surface area contributed by atoms with Crippen LogP contribution in [-0.2, 0) is 0 Å². The maximum Gasteiger partial charge on any atom is 0.161 e. The molecule has 1 heterocycles. The summed E-state index contributed by atoms with van der Waals surface area (Å²) >= 11 is 7.61. The van der Waals surface area contributed by atoms with Crippen LogP contribution in [-0.4, -0.2) is 18.5 Å². The van der Waals surface area contributed by atoms with Gasteiger partial charge in [-0.3, -0.25) is 0 Å². The molecular formula is C15H14ClNO2S. The lowest BCUT2D eigenvalue weighted by molar-refractivity contribution is 0.107. The van der Waals surface area contributed by atoms with E-state index < -0.39 is 0 Å². The summed E-state index contributed by atoms with van der Waals surface area (Å²) in [5.41, 5.74) is 6.66. The van der Waals surface area contributed by atoms with Gasteiger partial charge >= 0.3 is 0 Å². The third-order valence-corrected chi connectivity index (χ3v) is 4.41. The summed E-state index contributed by atoms with van der Waals surface area (Å²) < 4.78 is 11.6. The van der Waals surface area contributed by atoms with Crippen molar-refractivity contribution >= 4 is 29.1 Å². The standard InChI is InChI=1S/C15H14ClNO2S/c16-10-5-6-12(17)15(7-10)20-9-11-8-18-13-3-1-2-4-14(13)19-11/h1-7,11H,8-9,17H2. The number of rotatable bonds is 3. The molecular weight excluding hydrogens is 294 g/mol. The second-order valence-electron chi connectivity index (χ2n) is 4.49. The van der Waals surface area contributed by atoms with Crippen molar-refractivity contribution in [2.24, 2.45) is 0 Å². The monoisotopic (exact) mass is 307 g/mol. The summed E-state index contributed by atoms with van der Waals surface area (Å²) in [6.45, 7) is 0.546. The minimum absolute atomic E-state index is 0.00767. The molecule has 0 aliphatic carbocycles. The van der Waals surface area contributed by atoms with Crippen LogP contribution in [0.2, 0.25) is 5.02 Å². The number of ether oxygens (including phenoxy) is 2. The van der Waals surface area contributed by atoms with E-state index >= 15 is 0 Å². The molecule has 5 heteroatoms. The van der Waals surface area contributed by atoms with Crippen LogP contribution in [0.15, 0.2) is 47.4 Å². The number of para-hydroxylation sites is 2. The molecule has 0 aromatic heterocycles. The van der Waals surface area contributed by atoms with E-state index in [1.165, 1.54) is 0 Å². The van der Waals surface area contributed by atoms with Gasteiger partial charge in [-0.1, -0.05) is 23.7 Å². The molecule has 0 spiro atoms. The summed E-state index contributed by atoms with van der Waals surface area (Å²) in [5.74, 6) is 2.36. The molecule has 0 bridgehead atoms. The number of benzene rings is 2. The molecule has 20 heavy (non-hydrogen) atoms. The van der Waals surface area contributed by atoms with E-state index in [9.17, 15) is 0 Å². The van der Waals surface area contributed by atoms with Gasteiger partial charge in [-0.05, 0) is 30.3 Å². The molecule has 104 valence electrons. The smallest absolute Gasteiger partial charge is 0.161 e. The van der Waals surface area contributed by atoms with Crippen molar-refractivity contribution in [3.63, 3.8) is 0 Å². The number of anilines is 1. The number of hydrogen-bond donors (Lipinski definition) is 1. The first-order chi connectivity index (χ1) is 9.72. The minimum Gasteiger partial charge on any atom is -0.486 e. The maximum absolute atomic E-state index is 5.98. The lowest BCUT2D eigenvalue weighted by Crippen LogP contribution is -2.31. The van der Waals surface area contributed by atoms with Gasteiger partial charge in [0.25, 0.3) is 0 Å². The highest BCUT2D eigenvalue weighted by atomic mass is 35.5. The summed E-state index contributed by atoms with van der Waals surface area (Å²) in [6.07, 6.45) is 0.00767. The number of nitrogens with two attached hydrogens (primary N) is 1. The highest BCUT2D eigenvalue weighted by Crippen LogP contribution is 2.34. The van der Waals surface area contributed by atoms with E-state index in [2.05, 4.69) is 0 Å². The molecule has 1 unspecified atom stereocenters. The highest BCUT2D eigenvalue weighted by Gasteiger charge is 2.20. The Kier molecular flexibility index (Phi) is 3.94. The largest absolute Gasteiger partial charge is 0.486 e. The molecule has 0 saturated heterocycles. The van der Waals surface area contributed by atoms with Crippen LogP contribution in [0.3, 0.4) is 0 Å². The molecule has 1 atom stereocenters. The summed E-state index contributed by atoms with van der Waals surface area (Å²) in [4.78, 5) is 0.972. The van der Waals surface area contributed by atoms with Gasteiger partial charge < -0.3 is 15.2 Å². The predicted molar refractivity (Wildman–Crippen MR) is 82.9 cm³/mol. The molecule has 3 rings (SSSR count). The number of nitrogen functional groups attached to an aromatic ring is 1. The van der Waals surface area contributed by atoms with E-state index in [0.29, 0.717) is 11.6 Å². The molecule has 0 saturated carbocycles. The highest BCUT2D eigenvalue weighted by molar-refractivity contribution is 7.99. The van der Waals surface area contributed by atoms with E-state index in [1.807, 2.05) is 36.4 Å². The Hall–Kier alpha value is -1.52. The summed E-state index contributed by atoms with van der Waals surface area (Å²) in [6, 6.07) is 13.2. The van der Waals surface area contributed by atoms with Crippen LogP contribution in [0.25, 0.3) is 0 Å². The lowest BCUT2D eigenvalue weighted by Gasteiger charge is -2.26. The first-order valence-corrected chi connectivity index (χ1v) is 7.65. The van der Waals surface area contributed by atoms with Crippen molar-refractivity contribution in [3.8, 4) is 11.5 Å². The molecule has 0 radical (unpaired) electrons. The Morgan fingerprint density at radius 2 is 2.00 bits per heavy atom. The fourth-order valence-corrected chi connectivity index (χ4v) is 3.17. The van der Waals surface area contributed by atoms with Gasteiger partial charge in [0.1, 0.15) is 12.7 Å². The molecule has 2 aromatic carbocycles. The van der Waals surface area contributed by atoms with E-state index in [4.69, 9.17) is 26.8 Å². The Labute approximate surface area is 127 Å². The van der Waals surface area contributed by atoms with Gasteiger partial charge in [0.15, 0.2) is 11.5 Å². The first kappa shape index (κ1) is 13.5. The van der Waals surface area contributed by atoms with E-state index in [0.717, 1.165) is 27.8 Å². The van der Waals surface area contributed by atoms with Crippen LogP contribution >= 0.6 is 23.4 Å². The molecule has 2 N–H and O–H groups in total. The van der Waals surface area contributed by atoms with Crippen LogP contribution in [0.5, 0.6) is 11.5 Å². The van der Waals surface area contributed by atoms with Gasteiger partial charge in [0.2, 0.25) is 0 Å². The molecule has 1 aliphatic heterocycles. The fraction of sp³-hybridized carbons (Fsp3) is 0.200. The minimum atomic E-state index is 0.00767. The Balaban J connectivity index is 1.64. The average molecular weight is 308 g/mol. The SMILES string of the molecule is Nc1ccc(Cl)cc1SCC1COc2ccccc2O1. The molecule has 2 aromatic rings. The number of hydrogen-bond acceptors (Lipinski definition) is 4. The zero-order valence-corrected chi connectivity index (χ0v) is 12.3. The van der Waals surface area contributed by atoms with Crippen molar-refractivity contribution in [2.75, 3.05) is 18.1 Å². The van der Waals surface area contributed by atoms with E-state index in [1.54, 1.807) is 17.8 Å². The van der Waals surface area contributed by atoms with Crippen molar-refractivity contribution in [2.45, 2.75) is 11.0 Å². The molecule has 0 amide bonds. The quantitative estimate of drug-likeness (QED) is 0.691.